The third kappa shape index (κ3) is 3.25. The Morgan fingerprint density at radius 3 is 2.38 bits per heavy atom. The maximum atomic E-state index is 12.1. The van der Waals surface area contributed by atoms with Gasteiger partial charge >= 0.3 is 0 Å². The first-order valence-corrected chi connectivity index (χ1v) is 6.50. The van der Waals surface area contributed by atoms with E-state index in [1.165, 1.54) is 18.2 Å². The standard InChI is InChI=1S/C16H18N2O3/c1-10-4-6-12(9-13(10)18(2)3)17-16(21)11-5-7-14(19)15(20)8-11/h4-9,19-20H,1-3H3,(H,17,21). The highest BCUT2D eigenvalue weighted by atomic mass is 16.3. The van der Waals surface area contributed by atoms with Crippen molar-refractivity contribution >= 4 is 17.3 Å². The van der Waals surface area contributed by atoms with E-state index in [9.17, 15) is 15.0 Å². The van der Waals surface area contributed by atoms with Crippen molar-refractivity contribution in [1.29, 1.82) is 0 Å². The van der Waals surface area contributed by atoms with Crippen LogP contribution in [0.25, 0.3) is 0 Å². The number of aryl methyl sites for hydroxylation is 1. The summed E-state index contributed by atoms with van der Waals surface area (Å²) in [4.78, 5) is 14.1. The first-order chi connectivity index (χ1) is 9.88. The Morgan fingerprint density at radius 1 is 1.05 bits per heavy atom. The monoisotopic (exact) mass is 286 g/mol. The minimum absolute atomic E-state index is 0.253. The number of anilines is 2. The van der Waals surface area contributed by atoms with Crippen LogP contribution in [0, 0.1) is 6.92 Å². The highest BCUT2D eigenvalue weighted by Gasteiger charge is 2.10. The molecule has 3 N–H and O–H groups in total. The fourth-order valence-electron chi connectivity index (χ4n) is 2.04. The number of nitrogens with zero attached hydrogens (tertiary/aromatic N) is 1. The van der Waals surface area contributed by atoms with Crippen LogP contribution in [-0.4, -0.2) is 30.2 Å². The van der Waals surface area contributed by atoms with Gasteiger partial charge in [-0.2, -0.15) is 0 Å². The maximum absolute atomic E-state index is 12.1. The number of benzene rings is 2. The van der Waals surface area contributed by atoms with E-state index in [0.29, 0.717) is 5.69 Å². The molecule has 0 spiro atoms. The van der Waals surface area contributed by atoms with Crippen molar-refractivity contribution in [3.05, 3.63) is 47.5 Å². The van der Waals surface area contributed by atoms with Crippen LogP contribution < -0.4 is 10.2 Å². The van der Waals surface area contributed by atoms with Gasteiger partial charge in [0.15, 0.2) is 11.5 Å². The lowest BCUT2D eigenvalue weighted by molar-refractivity contribution is 0.102. The number of phenols is 2. The minimum Gasteiger partial charge on any atom is -0.504 e. The van der Waals surface area contributed by atoms with Crippen molar-refractivity contribution in [2.45, 2.75) is 6.92 Å². The Kier molecular flexibility index (Phi) is 4.03. The molecule has 0 heterocycles. The van der Waals surface area contributed by atoms with Gasteiger partial charge in [-0.1, -0.05) is 6.07 Å². The lowest BCUT2D eigenvalue weighted by Gasteiger charge is -2.17. The maximum Gasteiger partial charge on any atom is 0.255 e. The summed E-state index contributed by atoms with van der Waals surface area (Å²) in [6.07, 6.45) is 0. The number of hydrogen-bond acceptors (Lipinski definition) is 4. The van der Waals surface area contributed by atoms with Gasteiger partial charge in [0, 0.05) is 31.0 Å². The molecule has 2 aromatic carbocycles. The number of carbonyl (C=O) groups is 1. The molecule has 0 aromatic heterocycles. The Balaban J connectivity index is 2.23. The van der Waals surface area contributed by atoms with Crippen molar-refractivity contribution in [3.8, 4) is 11.5 Å². The minimum atomic E-state index is -0.348. The summed E-state index contributed by atoms with van der Waals surface area (Å²) in [5.74, 6) is -0.920. The molecule has 0 atom stereocenters. The molecule has 0 saturated heterocycles. The van der Waals surface area contributed by atoms with Gasteiger partial charge in [-0.25, -0.2) is 0 Å². The topological polar surface area (TPSA) is 72.8 Å². The fourth-order valence-corrected chi connectivity index (χ4v) is 2.04. The summed E-state index contributed by atoms with van der Waals surface area (Å²) in [6.45, 7) is 2.00. The molecule has 0 unspecified atom stereocenters. The second-order valence-corrected chi connectivity index (χ2v) is 5.05. The van der Waals surface area contributed by atoms with Crippen LogP contribution in [-0.2, 0) is 0 Å². The summed E-state index contributed by atoms with van der Waals surface area (Å²) in [5, 5.41) is 21.5. The van der Waals surface area contributed by atoms with Gasteiger partial charge in [0.2, 0.25) is 0 Å². The fraction of sp³-hybridized carbons (Fsp3) is 0.188. The first kappa shape index (κ1) is 14.7. The number of rotatable bonds is 3. The average Bonchev–Trinajstić information content (AvgIpc) is 2.43. The average molecular weight is 286 g/mol. The normalized spacial score (nSPS) is 10.2. The number of carbonyl (C=O) groups excluding carboxylic acids is 1. The molecule has 0 radical (unpaired) electrons. The largest absolute Gasteiger partial charge is 0.504 e. The summed E-state index contributed by atoms with van der Waals surface area (Å²) < 4.78 is 0. The van der Waals surface area contributed by atoms with E-state index in [1.807, 2.05) is 44.1 Å². The van der Waals surface area contributed by atoms with Gasteiger partial charge in [-0.3, -0.25) is 4.79 Å². The third-order valence-corrected chi connectivity index (χ3v) is 3.19. The summed E-state index contributed by atoms with van der Waals surface area (Å²) in [6, 6.07) is 9.59. The predicted molar refractivity (Wildman–Crippen MR) is 83.2 cm³/mol. The van der Waals surface area contributed by atoms with E-state index in [0.717, 1.165) is 11.3 Å². The third-order valence-electron chi connectivity index (χ3n) is 3.19. The zero-order chi connectivity index (χ0) is 15.6. The second-order valence-electron chi connectivity index (χ2n) is 5.05. The molecule has 0 fully saturated rings. The van der Waals surface area contributed by atoms with E-state index >= 15 is 0 Å². The molecule has 0 aliphatic carbocycles. The van der Waals surface area contributed by atoms with Crippen LogP contribution in [0.2, 0.25) is 0 Å². The number of phenolic OH excluding ortho intramolecular Hbond substituents is 2. The number of aromatic hydroxyl groups is 2. The van der Waals surface area contributed by atoms with Crippen LogP contribution >= 0.6 is 0 Å². The molecule has 1 amide bonds. The summed E-state index contributed by atoms with van der Waals surface area (Å²) >= 11 is 0. The van der Waals surface area contributed by atoms with Gasteiger partial charge in [0.1, 0.15) is 0 Å². The van der Waals surface area contributed by atoms with Gasteiger partial charge in [0.25, 0.3) is 5.91 Å². The van der Waals surface area contributed by atoms with Crippen LogP contribution in [0.4, 0.5) is 11.4 Å². The summed E-state index contributed by atoms with van der Waals surface area (Å²) in [7, 11) is 3.87. The lowest BCUT2D eigenvalue weighted by Crippen LogP contribution is -2.14. The van der Waals surface area contributed by atoms with Crippen LogP contribution in [0.1, 0.15) is 15.9 Å². The van der Waals surface area contributed by atoms with E-state index in [4.69, 9.17) is 0 Å². The van der Waals surface area contributed by atoms with E-state index in [-0.39, 0.29) is 23.0 Å². The van der Waals surface area contributed by atoms with Crippen LogP contribution in [0.3, 0.4) is 0 Å². The molecule has 0 aliphatic rings. The van der Waals surface area contributed by atoms with Gasteiger partial charge in [-0.05, 0) is 42.8 Å². The van der Waals surface area contributed by atoms with Crippen molar-refractivity contribution in [2.24, 2.45) is 0 Å². The second kappa shape index (κ2) is 5.75. The Labute approximate surface area is 123 Å². The number of amides is 1. The molecule has 5 heteroatoms. The lowest BCUT2D eigenvalue weighted by atomic mass is 10.1. The first-order valence-electron chi connectivity index (χ1n) is 6.50. The molecular weight excluding hydrogens is 268 g/mol. The van der Waals surface area contributed by atoms with Crippen LogP contribution in [0.5, 0.6) is 11.5 Å². The number of hydrogen-bond donors (Lipinski definition) is 3. The highest BCUT2D eigenvalue weighted by molar-refractivity contribution is 6.04. The van der Waals surface area contributed by atoms with Crippen molar-refractivity contribution in [1.82, 2.24) is 0 Å². The van der Waals surface area contributed by atoms with Crippen molar-refractivity contribution in [2.75, 3.05) is 24.3 Å². The van der Waals surface area contributed by atoms with Gasteiger partial charge in [0.05, 0.1) is 0 Å². The molecule has 0 bridgehead atoms. The zero-order valence-electron chi connectivity index (χ0n) is 12.2. The molecule has 2 aromatic rings. The molecule has 5 nitrogen and oxygen atoms in total. The van der Waals surface area contributed by atoms with E-state index in [2.05, 4.69) is 5.32 Å². The molecule has 2 rings (SSSR count). The molecular formula is C16H18N2O3. The van der Waals surface area contributed by atoms with Crippen LogP contribution in [0.15, 0.2) is 36.4 Å². The van der Waals surface area contributed by atoms with Crippen molar-refractivity contribution in [3.63, 3.8) is 0 Å². The van der Waals surface area contributed by atoms with E-state index < -0.39 is 0 Å². The quantitative estimate of drug-likeness (QED) is 0.759. The zero-order valence-corrected chi connectivity index (χ0v) is 12.2. The van der Waals surface area contributed by atoms with E-state index in [1.54, 1.807) is 0 Å². The van der Waals surface area contributed by atoms with Gasteiger partial charge in [-0.15, -0.1) is 0 Å². The summed E-state index contributed by atoms with van der Waals surface area (Å²) in [5.41, 5.74) is 3.07. The SMILES string of the molecule is Cc1ccc(NC(=O)c2ccc(O)c(O)c2)cc1N(C)C. The Hall–Kier alpha value is -2.69. The van der Waals surface area contributed by atoms with Gasteiger partial charge < -0.3 is 20.4 Å². The predicted octanol–water partition coefficient (Wildman–Crippen LogP) is 2.72. The molecule has 0 aliphatic heterocycles. The highest BCUT2D eigenvalue weighted by Crippen LogP contribution is 2.26. The Bertz CT molecular complexity index is 681. The smallest absolute Gasteiger partial charge is 0.255 e. The molecule has 0 saturated carbocycles. The molecule has 110 valence electrons. The number of nitrogens with one attached hydrogen (secondary N) is 1. The van der Waals surface area contributed by atoms with Crippen molar-refractivity contribution < 1.29 is 15.0 Å². The molecule has 21 heavy (non-hydrogen) atoms. The Morgan fingerprint density at radius 2 is 1.76 bits per heavy atom.